The van der Waals surface area contributed by atoms with Crippen molar-refractivity contribution in [2.24, 2.45) is 5.92 Å². The highest BCUT2D eigenvalue weighted by atomic mass is 19.4. The van der Waals surface area contributed by atoms with Crippen LogP contribution in [0.2, 0.25) is 0 Å². The van der Waals surface area contributed by atoms with Gasteiger partial charge in [-0.1, -0.05) is 48.5 Å². The number of fused-ring (bicyclic) bond motifs is 2. The fourth-order valence-electron chi connectivity index (χ4n) is 5.72. The van der Waals surface area contributed by atoms with Crippen LogP contribution in [0.1, 0.15) is 36.0 Å². The van der Waals surface area contributed by atoms with Crippen molar-refractivity contribution in [3.63, 3.8) is 0 Å². The summed E-state index contributed by atoms with van der Waals surface area (Å²) in [5.41, 5.74) is 0.738. The summed E-state index contributed by atoms with van der Waals surface area (Å²) in [6.45, 7) is 1.24. The second-order valence-electron chi connectivity index (χ2n) is 9.88. The van der Waals surface area contributed by atoms with E-state index in [1.54, 1.807) is 0 Å². The summed E-state index contributed by atoms with van der Waals surface area (Å²) in [5, 5.41) is 6.02. The van der Waals surface area contributed by atoms with Gasteiger partial charge in [0.2, 0.25) is 5.91 Å². The van der Waals surface area contributed by atoms with Gasteiger partial charge in [-0.3, -0.25) is 14.5 Å². The second kappa shape index (κ2) is 10.1. The Bertz CT molecular complexity index is 1210. The topological polar surface area (TPSA) is 52.7 Å². The fraction of sp³-hybridized carbons (Fsp3) is 0.429. The van der Waals surface area contributed by atoms with E-state index in [1.807, 2.05) is 58.7 Å². The van der Waals surface area contributed by atoms with Gasteiger partial charge in [0.05, 0.1) is 11.5 Å². The molecule has 5 rings (SSSR count). The van der Waals surface area contributed by atoms with Crippen LogP contribution in [0.15, 0.2) is 54.6 Å². The van der Waals surface area contributed by atoms with E-state index >= 15 is 0 Å². The van der Waals surface area contributed by atoms with Crippen LogP contribution in [0, 0.1) is 5.92 Å². The zero-order valence-corrected chi connectivity index (χ0v) is 20.1. The lowest BCUT2D eigenvalue weighted by Gasteiger charge is -2.42. The highest BCUT2D eigenvalue weighted by molar-refractivity contribution is 6.18. The molecule has 2 heterocycles. The minimum atomic E-state index is -4.40. The minimum Gasteiger partial charge on any atom is -0.347 e. The number of alkyl halides is 3. The van der Waals surface area contributed by atoms with Gasteiger partial charge in [0.15, 0.2) is 0 Å². The van der Waals surface area contributed by atoms with E-state index in [2.05, 4.69) is 11.0 Å². The van der Waals surface area contributed by atoms with Gasteiger partial charge >= 0.3 is 6.18 Å². The number of hydrogen-bond donors (Lipinski definition) is 1. The van der Waals surface area contributed by atoms with Crippen molar-refractivity contribution in [2.75, 3.05) is 32.7 Å². The van der Waals surface area contributed by atoms with Gasteiger partial charge in [-0.2, -0.15) is 13.2 Å². The molecule has 1 atom stereocenters. The Balaban J connectivity index is 1.26. The van der Waals surface area contributed by atoms with Crippen molar-refractivity contribution in [1.82, 2.24) is 15.1 Å². The first-order valence-electron chi connectivity index (χ1n) is 12.6. The van der Waals surface area contributed by atoms with Crippen LogP contribution < -0.4 is 5.32 Å². The molecule has 0 aliphatic carbocycles. The SMILES string of the molecule is O=C(NCC(F)(F)F)[C@@H]1CCCN(C2CCN(C(=O)c3c4ccccc4cc4ccccc34)CC2)C1. The Morgan fingerprint density at radius 3 is 2.11 bits per heavy atom. The molecule has 36 heavy (non-hydrogen) atoms. The molecule has 0 bridgehead atoms. The number of amides is 2. The van der Waals surface area contributed by atoms with Crippen LogP contribution in [-0.2, 0) is 4.79 Å². The standard InChI is InChI=1S/C28H30F3N3O2/c29-28(30,31)18-32-26(35)21-8-5-13-34(17-21)22-11-14-33(15-12-22)27(36)25-23-9-3-1-6-19(23)16-20-7-2-4-10-24(20)25/h1-4,6-7,9-10,16,21-22H,5,8,11-15,17-18H2,(H,32,35)/t21-/m1/s1. The number of benzene rings is 3. The van der Waals surface area contributed by atoms with Gasteiger partial charge in [0, 0.05) is 25.7 Å². The van der Waals surface area contributed by atoms with Gasteiger partial charge in [0.1, 0.15) is 6.54 Å². The molecule has 1 N–H and O–H groups in total. The van der Waals surface area contributed by atoms with Gasteiger partial charge in [-0.25, -0.2) is 0 Å². The predicted molar refractivity (Wildman–Crippen MR) is 134 cm³/mol. The van der Waals surface area contributed by atoms with Gasteiger partial charge in [-0.15, -0.1) is 0 Å². The third-order valence-electron chi connectivity index (χ3n) is 7.54. The van der Waals surface area contributed by atoms with Crippen molar-refractivity contribution < 1.29 is 22.8 Å². The van der Waals surface area contributed by atoms with Crippen LogP contribution in [0.3, 0.4) is 0 Å². The average Bonchev–Trinajstić information content (AvgIpc) is 2.89. The Labute approximate surface area is 208 Å². The van der Waals surface area contributed by atoms with Crippen molar-refractivity contribution in [3.05, 3.63) is 60.2 Å². The van der Waals surface area contributed by atoms with E-state index in [4.69, 9.17) is 0 Å². The maximum atomic E-state index is 13.8. The highest BCUT2D eigenvalue weighted by Gasteiger charge is 2.35. The molecule has 2 saturated heterocycles. The quantitative estimate of drug-likeness (QED) is 0.517. The molecule has 0 saturated carbocycles. The first-order chi connectivity index (χ1) is 17.3. The number of hydrogen-bond acceptors (Lipinski definition) is 3. The van der Waals surface area contributed by atoms with Crippen molar-refractivity contribution in [1.29, 1.82) is 0 Å². The second-order valence-corrected chi connectivity index (χ2v) is 9.88. The average molecular weight is 498 g/mol. The smallest absolute Gasteiger partial charge is 0.347 e. The lowest BCUT2D eigenvalue weighted by Crippen LogP contribution is -2.52. The maximum Gasteiger partial charge on any atom is 0.405 e. The first kappa shape index (κ1) is 24.6. The number of piperidine rings is 2. The molecular formula is C28H30F3N3O2. The summed E-state index contributed by atoms with van der Waals surface area (Å²) in [5.74, 6) is -0.917. The van der Waals surface area contributed by atoms with Crippen LogP contribution in [0.5, 0.6) is 0 Å². The molecule has 3 aromatic carbocycles. The number of likely N-dealkylation sites (tertiary alicyclic amines) is 2. The molecule has 2 aliphatic rings. The zero-order valence-electron chi connectivity index (χ0n) is 20.1. The molecule has 190 valence electrons. The largest absolute Gasteiger partial charge is 0.405 e. The van der Waals surface area contributed by atoms with Gasteiger partial charge in [0.25, 0.3) is 5.91 Å². The molecule has 2 aliphatic heterocycles. The zero-order chi connectivity index (χ0) is 25.3. The van der Waals surface area contributed by atoms with E-state index in [0.29, 0.717) is 26.1 Å². The Kier molecular flexibility index (Phi) is 6.88. The molecule has 3 aromatic rings. The summed E-state index contributed by atoms with van der Waals surface area (Å²) >= 11 is 0. The Morgan fingerprint density at radius 1 is 0.889 bits per heavy atom. The molecule has 0 unspecified atom stereocenters. The van der Waals surface area contributed by atoms with E-state index in [0.717, 1.165) is 52.9 Å². The highest BCUT2D eigenvalue weighted by Crippen LogP contribution is 2.31. The summed E-state index contributed by atoms with van der Waals surface area (Å²) in [4.78, 5) is 30.2. The molecule has 0 aromatic heterocycles. The molecule has 8 heteroatoms. The molecule has 2 fully saturated rings. The van der Waals surface area contributed by atoms with Crippen molar-refractivity contribution in [2.45, 2.75) is 37.9 Å². The molecule has 5 nitrogen and oxygen atoms in total. The minimum absolute atomic E-state index is 0.0319. The Hall–Kier alpha value is -3.13. The lowest BCUT2D eigenvalue weighted by molar-refractivity contribution is -0.142. The van der Waals surface area contributed by atoms with Crippen LogP contribution in [0.4, 0.5) is 13.2 Å². The normalized spacial score (nSPS) is 20.1. The number of carbonyl (C=O) groups excluding carboxylic acids is 2. The van der Waals surface area contributed by atoms with E-state index in [9.17, 15) is 22.8 Å². The summed E-state index contributed by atoms with van der Waals surface area (Å²) in [6.07, 6.45) is -1.45. The first-order valence-corrected chi connectivity index (χ1v) is 12.6. The number of rotatable bonds is 4. The summed E-state index contributed by atoms with van der Waals surface area (Å²) in [6, 6.07) is 18.3. The van der Waals surface area contributed by atoms with Crippen molar-refractivity contribution >= 4 is 33.4 Å². The van der Waals surface area contributed by atoms with E-state index < -0.39 is 24.5 Å². The maximum absolute atomic E-state index is 13.8. The number of halogens is 3. The number of nitrogens with one attached hydrogen (secondary N) is 1. The van der Waals surface area contributed by atoms with Gasteiger partial charge < -0.3 is 10.2 Å². The molecule has 0 radical (unpaired) electrons. The monoisotopic (exact) mass is 497 g/mol. The van der Waals surface area contributed by atoms with Crippen LogP contribution in [-0.4, -0.2) is 66.6 Å². The molecule has 2 amide bonds. The van der Waals surface area contributed by atoms with Crippen LogP contribution in [0.25, 0.3) is 21.5 Å². The van der Waals surface area contributed by atoms with Gasteiger partial charge in [-0.05, 0) is 59.8 Å². The van der Waals surface area contributed by atoms with E-state index in [-0.39, 0.29) is 11.9 Å². The lowest BCUT2D eigenvalue weighted by atomic mass is 9.92. The predicted octanol–water partition coefficient (Wildman–Crippen LogP) is 4.99. The Morgan fingerprint density at radius 2 is 1.50 bits per heavy atom. The summed E-state index contributed by atoms with van der Waals surface area (Å²) < 4.78 is 37.5. The van der Waals surface area contributed by atoms with E-state index in [1.165, 1.54) is 0 Å². The fourth-order valence-corrected chi connectivity index (χ4v) is 5.72. The molecule has 0 spiro atoms. The third kappa shape index (κ3) is 5.19. The number of carbonyl (C=O) groups is 2. The summed E-state index contributed by atoms with van der Waals surface area (Å²) in [7, 11) is 0. The number of nitrogens with zero attached hydrogens (tertiary/aromatic N) is 2. The third-order valence-corrected chi connectivity index (χ3v) is 7.54. The van der Waals surface area contributed by atoms with Crippen molar-refractivity contribution in [3.8, 4) is 0 Å². The molecular weight excluding hydrogens is 467 g/mol. The van der Waals surface area contributed by atoms with Crippen LogP contribution >= 0.6 is 0 Å².